The minimum atomic E-state index is -1.48. The first-order valence-electron chi connectivity index (χ1n) is 27.2. The Labute approximate surface area is 454 Å². The molecule has 0 spiro atoms. The summed E-state index contributed by atoms with van der Waals surface area (Å²) < 4.78 is 80.1. The second kappa shape index (κ2) is 36.0. The van der Waals surface area contributed by atoms with Crippen molar-refractivity contribution in [2.24, 2.45) is 0 Å². The fraction of sp³-hybridized carbons (Fsp3) is 0.610. The average molecular weight is 1080 g/mol. The molecule has 0 aromatic heterocycles. The molecule has 0 unspecified atom stereocenters. The maximum absolute atomic E-state index is 12.7. The molecule has 2 fully saturated rings. The summed E-state index contributed by atoms with van der Waals surface area (Å²) in [7, 11) is 0. The van der Waals surface area contributed by atoms with Crippen molar-refractivity contribution >= 4 is 29.8 Å². The van der Waals surface area contributed by atoms with Crippen molar-refractivity contribution in [3.8, 4) is 0 Å². The summed E-state index contributed by atoms with van der Waals surface area (Å²) in [5.41, 5.74) is 2.72. The number of benzene rings is 3. The Morgan fingerprint density at radius 1 is 0.351 bits per heavy atom. The zero-order valence-corrected chi connectivity index (χ0v) is 45.6. The van der Waals surface area contributed by atoms with Crippen LogP contribution in [0.3, 0.4) is 0 Å². The molecule has 2 aliphatic rings. The largest absolute Gasteiger partial charge is 0.466 e. The minimum absolute atomic E-state index is 0.154. The van der Waals surface area contributed by atoms with Gasteiger partial charge in [-0.05, 0) is 42.4 Å². The van der Waals surface area contributed by atoms with Gasteiger partial charge in [0, 0.05) is 54.4 Å². The Morgan fingerprint density at radius 3 is 1.22 bits per heavy atom. The molecule has 0 radical (unpaired) electrons. The van der Waals surface area contributed by atoms with Gasteiger partial charge in [-0.25, -0.2) is 0 Å². The number of esters is 5. The maximum Gasteiger partial charge on any atom is 0.303 e. The van der Waals surface area contributed by atoms with Crippen molar-refractivity contribution in [3.63, 3.8) is 0 Å². The average Bonchev–Trinajstić information content (AvgIpc) is 3.45. The molecule has 0 saturated carbocycles. The summed E-state index contributed by atoms with van der Waals surface area (Å²) in [6.45, 7) is 8.32. The lowest BCUT2D eigenvalue weighted by atomic mass is 9.97. The van der Waals surface area contributed by atoms with Gasteiger partial charge >= 0.3 is 29.8 Å². The van der Waals surface area contributed by atoms with Crippen LogP contribution in [0.2, 0.25) is 0 Å². The smallest absolute Gasteiger partial charge is 0.303 e. The van der Waals surface area contributed by atoms with Gasteiger partial charge in [-0.3, -0.25) is 24.0 Å². The third-order valence-electron chi connectivity index (χ3n) is 12.8. The summed E-state index contributed by atoms with van der Waals surface area (Å²) in [5, 5.41) is 0. The highest BCUT2D eigenvalue weighted by molar-refractivity contribution is 5.69. The Balaban J connectivity index is 1.32. The zero-order valence-electron chi connectivity index (χ0n) is 45.6. The number of carbonyl (C=O) groups excluding carboxylic acids is 5. The van der Waals surface area contributed by atoms with E-state index in [1.165, 1.54) is 20.8 Å². The molecule has 3 aromatic carbocycles. The van der Waals surface area contributed by atoms with E-state index in [0.29, 0.717) is 13.2 Å². The molecule has 0 aliphatic carbocycles. The highest BCUT2D eigenvalue weighted by Gasteiger charge is 2.54. The number of hydrogen-bond donors (Lipinski definition) is 0. The van der Waals surface area contributed by atoms with Crippen LogP contribution in [-0.2, 0) is 105 Å². The van der Waals surface area contributed by atoms with Crippen LogP contribution in [0.1, 0.15) is 128 Å². The van der Waals surface area contributed by atoms with Crippen LogP contribution in [0.25, 0.3) is 0 Å². The molecule has 5 rings (SSSR count). The Morgan fingerprint density at radius 2 is 0.740 bits per heavy atom. The first kappa shape index (κ1) is 62.5. The fourth-order valence-electron chi connectivity index (χ4n) is 9.07. The molecule has 2 heterocycles. The maximum atomic E-state index is 12.7. The second-order valence-electron chi connectivity index (χ2n) is 19.3. The van der Waals surface area contributed by atoms with Crippen molar-refractivity contribution in [3.05, 3.63) is 108 Å². The van der Waals surface area contributed by atoms with Crippen LogP contribution in [-0.4, -0.2) is 131 Å². The van der Waals surface area contributed by atoms with Crippen LogP contribution in [0.5, 0.6) is 0 Å². The highest BCUT2D eigenvalue weighted by atomic mass is 16.8. The van der Waals surface area contributed by atoms with Crippen LogP contribution < -0.4 is 0 Å². The molecule has 77 heavy (non-hydrogen) atoms. The molecule has 2 aliphatic heterocycles. The molecule has 3 aromatic rings. The Kier molecular flexibility index (Phi) is 29.2. The van der Waals surface area contributed by atoms with E-state index in [0.717, 1.165) is 121 Å². The first-order valence-corrected chi connectivity index (χ1v) is 27.2. The van der Waals surface area contributed by atoms with Gasteiger partial charge in [0.25, 0.3) is 0 Å². The molecule has 10 atom stereocenters. The summed E-state index contributed by atoms with van der Waals surface area (Å²) in [6.07, 6.45) is 0.805. The lowest BCUT2D eigenvalue weighted by Gasteiger charge is -2.47. The van der Waals surface area contributed by atoms with Crippen molar-refractivity contribution in [2.75, 3.05) is 39.6 Å². The van der Waals surface area contributed by atoms with Crippen molar-refractivity contribution in [2.45, 2.75) is 193 Å². The number of rotatable bonds is 36. The van der Waals surface area contributed by atoms with Gasteiger partial charge in [-0.15, -0.1) is 0 Å². The lowest BCUT2D eigenvalue weighted by molar-refractivity contribution is -0.345. The summed E-state index contributed by atoms with van der Waals surface area (Å²) in [6, 6.07) is 29.1. The second-order valence-corrected chi connectivity index (χ2v) is 19.3. The van der Waals surface area contributed by atoms with E-state index in [4.69, 9.17) is 61.6 Å². The van der Waals surface area contributed by atoms with Crippen LogP contribution in [0.4, 0.5) is 0 Å². The molecular weight excluding hydrogens is 997 g/mol. The van der Waals surface area contributed by atoms with Crippen molar-refractivity contribution in [1.82, 2.24) is 0 Å². The Bertz CT molecular complexity index is 2130. The van der Waals surface area contributed by atoms with E-state index in [1.807, 2.05) is 91.0 Å². The van der Waals surface area contributed by atoms with Gasteiger partial charge in [-0.1, -0.05) is 142 Å². The molecule has 18 heteroatoms. The van der Waals surface area contributed by atoms with Gasteiger partial charge in [0.15, 0.2) is 30.9 Å². The number of ether oxygens (including phenoxy) is 13. The van der Waals surface area contributed by atoms with Crippen LogP contribution >= 0.6 is 0 Å². The normalized spacial score (nSPS) is 23.1. The molecule has 0 N–H and O–H groups in total. The van der Waals surface area contributed by atoms with E-state index < -0.39 is 91.9 Å². The summed E-state index contributed by atoms with van der Waals surface area (Å²) in [5.74, 6) is -3.16. The minimum Gasteiger partial charge on any atom is -0.466 e. The number of unbranched alkanes of at least 4 members (excludes halogenated alkanes) is 10. The van der Waals surface area contributed by atoms with E-state index in [1.54, 1.807) is 0 Å². The van der Waals surface area contributed by atoms with Gasteiger partial charge in [0.05, 0.1) is 33.0 Å². The third kappa shape index (κ3) is 24.1. The molecule has 0 amide bonds. The predicted octanol–water partition coefficient (Wildman–Crippen LogP) is 8.84. The Hall–Kier alpha value is -5.31. The highest BCUT2D eigenvalue weighted by Crippen LogP contribution is 2.34. The van der Waals surface area contributed by atoms with Crippen molar-refractivity contribution < 1.29 is 85.6 Å². The SMILES string of the molecule is CC(=O)OCCCCCCCCOCCCCCCCCO[C@@H]1O[C@H](CO[C@@H]2O[C@H](COC(C)=O)[C@@H](OC(C)=O)[C@H](OC(C)=O)[C@H]2OC(C)=O)[C@@H](OCc2ccccc2)[C@H](OCc2ccccc2)[C@H]1OCc1ccccc1. The zero-order chi connectivity index (χ0) is 55.0. The van der Waals surface area contributed by atoms with Crippen LogP contribution in [0, 0.1) is 0 Å². The van der Waals surface area contributed by atoms with E-state index in [2.05, 4.69) is 0 Å². The van der Waals surface area contributed by atoms with E-state index in [9.17, 15) is 24.0 Å². The summed E-state index contributed by atoms with van der Waals surface area (Å²) in [4.78, 5) is 60.7. The topological polar surface area (TPSA) is 205 Å². The lowest BCUT2D eigenvalue weighted by Crippen LogP contribution is -2.64. The first-order chi connectivity index (χ1) is 37.4. The predicted molar refractivity (Wildman–Crippen MR) is 280 cm³/mol. The van der Waals surface area contributed by atoms with Crippen molar-refractivity contribution in [1.29, 1.82) is 0 Å². The van der Waals surface area contributed by atoms with Crippen LogP contribution in [0.15, 0.2) is 91.0 Å². The monoisotopic (exact) mass is 1080 g/mol. The molecule has 18 nitrogen and oxygen atoms in total. The molecule has 426 valence electrons. The van der Waals surface area contributed by atoms with Gasteiger partial charge in [0.1, 0.15) is 37.1 Å². The quantitative estimate of drug-likeness (QED) is 0.0303. The summed E-state index contributed by atoms with van der Waals surface area (Å²) >= 11 is 0. The van der Waals surface area contributed by atoms with E-state index >= 15 is 0 Å². The third-order valence-corrected chi connectivity index (χ3v) is 12.8. The number of carbonyl (C=O) groups is 5. The standard InChI is InChI=1S/C59H82O18/c1-42(60)66-35-25-12-8-6-10-23-33-65-34-24-11-7-9-13-26-36-67-58-56(71-39-49-31-21-16-22-32-49)54(70-38-48-29-19-15-20-30-48)52(69-37-47-27-17-14-18-28-47)50(76-58)41-72-59-57(75-46(5)64)55(74-45(4)63)53(73-44(3)62)51(77-59)40-68-43(2)61/h14-22,27-32,50-59H,6-13,23-26,33-41H2,1-5H3/t50-,51-,52-,53-,54+,55+,56-,57-,58-,59-/m1/s1. The molecule has 0 bridgehead atoms. The molecule has 2 saturated heterocycles. The fourth-order valence-corrected chi connectivity index (χ4v) is 9.07. The van der Waals surface area contributed by atoms with E-state index in [-0.39, 0.29) is 32.4 Å². The van der Waals surface area contributed by atoms with Gasteiger partial charge in [-0.2, -0.15) is 0 Å². The molecular formula is C59H82O18. The van der Waals surface area contributed by atoms with Gasteiger partial charge in [0.2, 0.25) is 0 Å². The number of hydrogen-bond acceptors (Lipinski definition) is 18. The van der Waals surface area contributed by atoms with Gasteiger partial charge < -0.3 is 61.6 Å².